The number of benzene rings is 1. The maximum Gasteiger partial charge on any atom is 0.254 e. The van der Waals surface area contributed by atoms with E-state index in [1.807, 2.05) is 25.7 Å². The summed E-state index contributed by atoms with van der Waals surface area (Å²) in [4.78, 5) is 14.3. The molecule has 2 heterocycles. The van der Waals surface area contributed by atoms with Gasteiger partial charge in [-0.1, -0.05) is 0 Å². The van der Waals surface area contributed by atoms with E-state index in [4.69, 9.17) is 0 Å². The summed E-state index contributed by atoms with van der Waals surface area (Å²) >= 11 is 0. The van der Waals surface area contributed by atoms with Crippen molar-refractivity contribution in [2.24, 2.45) is 5.92 Å². The maximum absolute atomic E-state index is 13.4. The van der Waals surface area contributed by atoms with E-state index < -0.39 is 11.6 Å². The standard InChI is InChI=1S/C19H24F2N4O/c1-19(2,3)25-12-14(10-23-25)18(26)22-9-13-6-7-24(11-13)15-4-5-16(20)17(21)8-15/h4-5,8,10,12-13H,6-7,9,11H2,1-3H3,(H,22,26). The van der Waals surface area contributed by atoms with Crippen LogP contribution in [0.25, 0.3) is 0 Å². The Morgan fingerprint density at radius 3 is 2.73 bits per heavy atom. The monoisotopic (exact) mass is 362 g/mol. The Morgan fingerprint density at radius 2 is 2.08 bits per heavy atom. The molecule has 0 spiro atoms. The Kier molecular flexibility index (Phi) is 4.98. The zero-order valence-electron chi connectivity index (χ0n) is 15.3. The van der Waals surface area contributed by atoms with Crippen molar-refractivity contribution in [3.8, 4) is 0 Å². The molecule has 1 aromatic carbocycles. The first-order valence-electron chi connectivity index (χ1n) is 8.77. The molecule has 1 saturated heterocycles. The zero-order chi connectivity index (χ0) is 18.9. The molecule has 1 aliphatic heterocycles. The van der Waals surface area contributed by atoms with E-state index in [0.717, 1.165) is 19.0 Å². The van der Waals surface area contributed by atoms with Crippen LogP contribution in [-0.4, -0.2) is 35.3 Å². The molecule has 3 rings (SSSR count). The number of carbonyl (C=O) groups is 1. The van der Waals surface area contributed by atoms with Crippen molar-refractivity contribution < 1.29 is 13.6 Å². The van der Waals surface area contributed by atoms with E-state index in [1.54, 1.807) is 23.1 Å². The van der Waals surface area contributed by atoms with Crippen molar-refractivity contribution in [2.75, 3.05) is 24.5 Å². The maximum atomic E-state index is 13.4. The highest BCUT2D eigenvalue weighted by Gasteiger charge is 2.24. The quantitative estimate of drug-likeness (QED) is 0.909. The minimum Gasteiger partial charge on any atom is -0.371 e. The number of carbonyl (C=O) groups excluding carboxylic acids is 1. The van der Waals surface area contributed by atoms with Gasteiger partial charge in [0.25, 0.3) is 5.91 Å². The number of nitrogens with zero attached hydrogens (tertiary/aromatic N) is 3. The minimum atomic E-state index is -0.840. The zero-order valence-corrected chi connectivity index (χ0v) is 15.3. The van der Waals surface area contributed by atoms with Crippen molar-refractivity contribution in [1.82, 2.24) is 15.1 Å². The van der Waals surface area contributed by atoms with Gasteiger partial charge in [0.2, 0.25) is 0 Å². The third-order valence-corrected chi connectivity index (χ3v) is 4.64. The molecule has 1 aromatic heterocycles. The number of halogens is 2. The second-order valence-corrected chi connectivity index (χ2v) is 7.75. The minimum absolute atomic E-state index is 0.147. The number of aromatic nitrogens is 2. The van der Waals surface area contributed by atoms with Gasteiger partial charge in [0.15, 0.2) is 11.6 Å². The smallest absolute Gasteiger partial charge is 0.254 e. The number of rotatable bonds is 4. The molecule has 0 radical (unpaired) electrons. The Bertz CT molecular complexity index is 797. The summed E-state index contributed by atoms with van der Waals surface area (Å²) in [6.45, 7) is 8.06. The molecular weight excluding hydrogens is 338 g/mol. The average Bonchev–Trinajstić information content (AvgIpc) is 3.24. The highest BCUT2D eigenvalue weighted by Crippen LogP contribution is 2.25. The summed E-state index contributed by atoms with van der Waals surface area (Å²) in [6.07, 6.45) is 4.21. The Balaban J connectivity index is 1.53. The summed E-state index contributed by atoms with van der Waals surface area (Å²) in [6, 6.07) is 3.95. The largest absolute Gasteiger partial charge is 0.371 e. The molecule has 5 nitrogen and oxygen atoms in total. The average molecular weight is 362 g/mol. The van der Waals surface area contributed by atoms with E-state index in [0.29, 0.717) is 24.3 Å². The van der Waals surface area contributed by atoms with Gasteiger partial charge in [-0.15, -0.1) is 0 Å². The molecule has 2 aromatic rings. The third kappa shape index (κ3) is 4.03. The van der Waals surface area contributed by atoms with Crippen LogP contribution < -0.4 is 10.2 Å². The van der Waals surface area contributed by atoms with Gasteiger partial charge in [-0.25, -0.2) is 8.78 Å². The second-order valence-electron chi connectivity index (χ2n) is 7.75. The van der Waals surface area contributed by atoms with Gasteiger partial charge in [-0.05, 0) is 45.2 Å². The number of nitrogens with one attached hydrogen (secondary N) is 1. The molecule has 7 heteroatoms. The van der Waals surface area contributed by atoms with Crippen LogP contribution in [0, 0.1) is 17.6 Å². The van der Waals surface area contributed by atoms with Crippen molar-refractivity contribution in [1.29, 1.82) is 0 Å². The normalized spacial score (nSPS) is 17.6. The number of amides is 1. The van der Waals surface area contributed by atoms with Crippen molar-refractivity contribution in [3.05, 3.63) is 47.8 Å². The lowest BCUT2D eigenvalue weighted by molar-refractivity contribution is 0.0948. The van der Waals surface area contributed by atoms with Gasteiger partial charge in [0.1, 0.15) is 0 Å². The molecule has 140 valence electrons. The van der Waals surface area contributed by atoms with Gasteiger partial charge in [0.05, 0.1) is 17.3 Å². The van der Waals surface area contributed by atoms with Crippen LogP contribution in [-0.2, 0) is 5.54 Å². The van der Waals surface area contributed by atoms with Crippen LogP contribution in [0.4, 0.5) is 14.5 Å². The lowest BCUT2D eigenvalue weighted by Gasteiger charge is -2.19. The first kappa shape index (κ1) is 18.4. The van der Waals surface area contributed by atoms with Crippen LogP contribution in [0.3, 0.4) is 0 Å². The predicted molar refractivity (Wildman–Crippen MR) is 96.2 cm³/mol. The first-order chi connectivity index (χ1) is 12.2. The van der Waals surface area contributed by atoms with Gasteiger partial charge >= 0.3 is 0 Å². The van der Waals surface area contributed by atoms with Gasteiger partial charge < -0.3 is 10.2 Å². The van der Waals surface area contributed by atoms with Crippen LogP contribution in [0.5, 0.6) is 0 Å². The number of hydrogen-bond donors (Lipinski definition) is 1. The lowest BCUT2D eigenvalue weighted by atomic mass is 10.1. The fourth-order valence-electron chi connectivity index (χ4n) is 3.06. The van der Waals surface area contributed by atoms with Crippen molar-refractivity contribution in [2.45, 2.75) is 32.7 Å². The fourth-order valence-corrected chi connectivity index (χ4v) is 3.06. The molecule has 1 atom stereocenters. The summed E-state index contributed by atoms with van der Waals surface area (Å²) in [7, 11) is 0. The summed E-state index contributed by atoms with van der Waals surface area (Å²) in [5.41, 5.74) is 1.04. The molecule has 0 aliphatic carbocycles. The Hall–Kier alpha value is -2.44. The molecule has 0 bridgehead atoms. The SMILES string of the molecule is CC(C)(C)n1cc(C(=O)NCC2CCN(c3ccc(F)c(F)c3)C2)cn1. The van der Waals surface area contributed by atoms with Crippen LogP contribution in [0.2, 0.25) is 0 Å². The van der Waals surface area contributed by atoms with E-state index >= 15 is 0 Å². The van der Waals surface area contributed by atoms with Crippen LogP contribution >= 0.6 is 0 Å². The molecule has 1 fully saturated rings. The second kappa shape index (κ2) is 7.05. The topological polar surface area (TPSA) is 50.2 Å². The van der Waals surface area contributed by atoms with Gasteiger partial charge in [-0.2, -0.15) is 5.10 Å². The molecule has 1 aliphatic rings. The molecule has 1 N–H and O–H groups in total. The summed E-state index contributed by atoms with van der Waals surface area (Å²) in [5.74, 6) is -1.56. The highest BCUT2D eigenvalue weighted by atomic mass is 19.2. The Labute approximate surface area is 152 Å². The van der Waals surface area contributed by atoms with Crippen LogP contribution in [0.15, 0.2) is 30.6 Å². The third-order valence-electron chi connectivity index (χ3n) is 4.64. The first-order valence-corrected chi connectivity index (χ1v) is 8.77. The summed E-state index contributed by atoms with van der Waals surface area (Å²) < 4.78 is 28.2. The number of hydrogen-bond acceptors (Lipinski definition) is 3. The van der Waals surface area contributed by atoms with E-state index in [-0.39, 0.29) is 17.4 Å². The van der Waals surface area contributed by atoms with E-state index in [1.165, 1.54) is 6.07 Å². The lowest BCUT2D eigenvalue weighted by Crippen LogP contribution is -2.31. The van der Waals surface area contributed by atoms with Crippen LogP contribution in [0.1, 0.15) is 37.6 Å². The van der Waals surface area contributed by atoms with E-state index in [2.05, 4.69) is 10.4 Å². The van der Waals surface area contributed by atoms with Crippen molar-refractivity contribution in [3.63, 3.8) is 0 Å². The molecule has 1 unspecified atom stereocenters. The van der Waals surface area contributed by atoms with Gasteiger partial charge in [0, 0.05) is 37.6 Å². The predicted octanol–water partition coefficient (Wildman–Crippen LogP) is 3.17. The molecular formula is C19H24F2N4O. The number of anilines is 1. The van der Waals surface area contributed by atoms with Crippen molar-refractivity contribution >= 4 is 11.6 Å². The molecule has 0 saturated carbocycles. The summed E-state index contributed by atoms with van der Waals surface area (Å²) in [5, 5.41) is 7.18. The molecule has 26 heavy (non-hydrogen) atoms. The fraction of sp³-hybridized carbons (Fsp3) is 0.474. The Morgan fingerprint density at radius 1 is 1.31 bits per heavy atom. The highest BCUT2D eigenvalue weighted by molar-refractivity contribution is 5.93. The molecule has 1 amide bonds. The van der Waals surface area contributed by atoms with E-state index in [9.17, 15) is 13.6 Å². The van der Waals surface area contributed by atoms with Gasteiger partial charge in [-0.3, -0.25) is 9.48 Å².